The first-order valence-electron chi connectivity index (χ1n) is 15.8. The molecule has 2 aliphatic heterocycles. The van der Waals surface area contributed by atoms with Crippen LogP contribution in [0.2, 0.25) is 23.7 Å². The Balaban J connectivity index is 1.19. The Morgan fingerprint density at radius 3 is 2.60 bits per heavy atom. The van der Waals surface area contributed by atoms with Crippen LogP contribution in [0, 0.1) is 5.92 Å². The number of nitrogens with one attached hydrogen (secondary N) is 1. The molecule has 4 atom stereocenters. The SMILES string of the molecule is C[C@H]1[C@H]([Si](C)(C)F)[C@@H](CCn2cc(CCO)nn2)O[C@]12C(=O)N(Cc1ccc(-n3[nH]c4ccccc4c3=O)cc1)c1ccc(Cl)cc12. The summed E-state index contributed by atoms with van der Waals surface area (Å²) in [5.41, 5.74) is 2.30. The van der Waals surface area contributed by atoms with Gasteiger partial charge in [-0.15, -0.1) is 5.10 Å². The van der Waals surface area contributed by atoms with Gasteiger partial charge in [0.15, 0.2) is 5.60 Å². The van der Waals surface area contributed by atoms with Crippen LogP contribution in [0.25, 0.3) is 16.6 Å². The molecule has 4 heterocycles. The molecule has 1 saturated heterocycles. The lowest BCUT2D eigenvalue weighted by Crippen LogP contribution is -2.45. The predicted molar refractivity (Wildman–Crippen MR) is 180 cm³/mol. The van der Waals surface area contributed by atoms with Crippen molar-refractivity contribution >= 4 is 42.5 Å². The number of ether oxygens (including phenoxy) is 1. The summed E-state index contributed by atoms with van der Waals surface area (Å²) >= 11 is 6.52. The fourth-order valence-electron chi connectivity index (χ4n) is 7.56. The highest BCUT2D eigenvalue weighted by Crippen LogP contribution is 2.60. The van der Waals surface area contributed by atoms with E-state index >= 15 is 4.11 Å². The number of aromatic amines is 1. The third-order valence-corrected chi connectivity index (χ3v) is 12.3. The Morgan fingerprint density at radius 1 is 1.11 bits per heavy atom. The summed E-state index contributed by atoms with van der Waals surface area (Å²) < 4.78 is 26.2. The number of aromatic nitrogens is 5. The number of fused-ring (bicyclic) bond motifs is 3. The molecule has 0 bridgehead atoms. The van der Waals surface area contributed by atoms with Crippen molar-refractivity contribution in [1.82, 2.24) is 24.8 Å². The second-order valence-corrected chi connectivity index (χ2v) is 17.3. The van der Waals surface area contributed by atoms with Gasteiger partial charge in [-0.05, 0) is 67.5 Å². The van der Waals surface area contributed by atoms with Crippen LogP contribution in [0.5, 0.6) is 0 Å². The molecule has 0 unspecified atom stereocenters. The molecule has 2 aliphatic rings. The lowest BCUT2D eigenvalue weighted by Gasteiger charge is -2.31. The summed E-state index contributed by atoms with van der Waals surface area (Å²) in [6.07, 6.45) is 2.08. The number of benzene rings is 3. The van der Waals surface area contributed by atoms with E-state index in [-0.39, 0.29) is 24.6 Å². The number of H-pyrrole nitrogens is 1. The van der Waals surface area contributed by atoms with Gasteiger partial charge in [0.25, 0.3) is 11.5 Å². The molecule has 2 N–H and O–H groups in total. The molecular formula is C34H36ClFN6O4Si. The molecule has 244 valence electrons. The molecule has 13 heteroatoms. The van der Waals surface area contributed by atoms with Crippen LogP contribution in [0.4, 0.5) is 9.80 Å². The number of aliphatic hydroxyl groups excluding tert-OH is 1. The van der Waals surface area contributed by atoms with E-state index in [0.29, 0.717) is 52.4 Å². The number of halogens is 2. The molecule has 3 aromatic carbocycles. The van der Waals surface area contributed by atoms with Crippen LogP contribution in [0.3, 0.4) is 0 Å². The zero-order valence-electron chi connectivity index (χ0n) is 26.4. The molecule has 1 fully saturated rings. The summed E-state index contributed by atoms with van der Waals surface area (Å²) in [5.74, 6) is -0.694. The minimum absolute atomic E-state index is 0.0248. The molecular weight excluding hydrogens is 639 g/mol. The molecule has 1 spiro atoms. The first kappa shape index (κ1) is 31.5. The van der Waals surface area contributed by atoms with E-state index in [1.807, 2.05) is 55.5 Å². The van der Waals surface area contributed by atoms with Gasteiger partial charge in [0.2, 0.25) is 8.41 Å². The Kier molecular flexibility index (Phi) is 7.94. The average molecular weight is 675 g/mol. The van der Waals surface area contributed by atoms with E-state index in [4.69, 9.17) is 16.3 Å². The maximum atomic E-state index is 16.2. The number of hydrogen-bond acceptors (Lipinski definition) is 6. The molecule has 0 aliphatic carbocycles. The maximum Gasteiger partial charge on any atom is 0.279 e. The Morgan fingerprint density at radius 2 is 1.87 bits per heavy atom. The van der Waals surface area contributed by atoms with Crippen molar-refractivity contribution in [2.45, 2.75) is 63.2 Å². The topological polar surface area (TPSA) is 118 Å². The van der Waals surface area contributed by atoms with E-state index in [0.717, 1.165) is 11.1 Å². The van der Waals surface area contributed by atoms with Gasteiger partial charge < -0.3 is 18.9 Å². The Labute approximate surface area is 276 Å². The van der Waals surface area contributed by atoms with Crippen LogP contribution < -0.4 is 10.5 Å². The van der Waals surface area contributed by atoms with Crippen molar-refractivity contribution in [3.05, 3.63) is 105 Å². The largest absolute Gasteiger partial charge is 0.396 e. The number of amides is 1. The van der Waals surface area contributed by atoms with Gasteiger partial charge in [-0.1, -0.05) is 48.0 Å². The second kappa shape index (κ2) is 11.9. The number of hydrogen-bond donors (Lipinski definition) is 2. The monoisotopic (exact) mass is 674 g/mol. The van der Waals surface area contributed by atoms with Crippen LogP contribution in [0.15, 0.2) is 77.7 Å². The number of rotatable bonds is 9. The van der Waals surface area contributed by atoms with Crippen molar-refractivity contribution in [3.63, 3.8) is 0 Å². The van der Waals surface area contributed by atoms with Crippen LogP contribution in [-0.4, -0.2) is 56.9 Å². The molecule has 47 heavy (non-hydrogen) atoms. The van der Waals surface area contributed by atoms with E-state index in [1.54, 1.807) is 47.1 Å². The summed E-state index contributed by atoms with van der Waals surface area (Å²) in [4.78, 5) is 29.3. The van der Waals surface area contributed by atoms with Crippen molar-refractivity contribution in [2.24, 2.45) is 5.92 Å². The number of aliphatic hydroxyl groups is 1. The number of carbonyl (C=O) groups is 1. The minimum atomic E-state index is -3.34. The van der Waals surface area contributed by atoms with E-state index < -0.39 is 31.6 Å². The number of aryl methyl sites for hydroxylation is 1. The number of carbonyl (C=O) groups excluding carboxylic acids is 1. The second-order valence-electron chi connectivity index (χ2n) is 13.0. The molecule has 7 rings (SSSR count). The third kappa shape index (κ3) is 5.33. The lowest BCUT2D eigenvalue weighted by atomic mass is 9.82. The highest BCUT2D eigenvalue weighted by molar-refractivity contribution is 6.72. The zero-order chi connectivity index (χ0) is 33.1. The van der Waals surface area contributed by atoms with Gasteiger partial charge in [0, 0.05) is 47.8 Å². The van der Waals surface area contributed by atoms with Crippen LogP contribution in [0.1, 0.15) is 30.2 Å². The highest BCUT2D eigenvalue weighted by atomic mass is 35.5. The number of para-hydroxylation sites is 1. The van der Waals surface area contributed by atoms with Gasteiger partial charge in [-0.25, -0.2) is 4.68 Å². The summed E-state index contributed by atoms with van der Waals surface area (Å²) in [6.45, 7) is 5.93. The lowest BCUT2D eigenvalue weighted by molar-refractivity contribution is -0.146. The Hall–Kier alpha value is -4.10. The average Bonchev–Trinajstić information content (AvgIpc) is 3.77. The van der Waals surface area contributed by atoms with Gasteiger partial charge in [0.1, 0.15) is 0 Å². The van der Waals surface area contributed by atoms with Crippen molar-refractivity contribution in [2.75, 3.05) is 11.5 Å². The molecule has 0 radical (unpaired) electrons. The van der Waals surface area contributed by atoms with Gasteiger partial charge in [0.05, 0.1) is 40.6 Å². The predicted octanol–water partition coefficient (Wildman–Crippen LogP) is 5.51. The first-order valence-corrected chi connectivity index (χ1v) is 19.1. The third-order valence-electron chi connectivity index (χ3n) is 9.65. The number of anilines is 1. The van der Waals surface area contributed by atoms with E-state index in [9.17, 15) is 14.7 Å². The summed E-state index contributed by atoms with van der Waals surface area (Å²) in [7, 11) is -3.34. The number of nitrogens with zero attached hydrogens (tertiary/aromatic N) is 5. The van der Waals surface area contributed by atoms with Gasteiger partial charge in [-0.2, -0.15) is 0 Å². The molecule has 2 aromatic heterocycles. The van der Waals surface area contributed by atoms with Gasteiger partial charge in [-0.3, -0.25) is 19.4 Å². The first-order chi connectivity index (χ1) is 22.5. The van der Waals surface area contributed by atoms with Crippen molar-refractivity contribution in [1.29, 1.82) is 0 Å². The smallest absolute Gasteiger partial charge is 0.279 e. The summed E-state index contributed by atoms with van der Waals surface area (Å²) in [6, 6.07) is 20.2. The van der Waals surface area contributed by atoms with Crippen molar-refractivity contribution < 1.29 is 18.7 Å². The van der Waals surface area contributed by atoms with E-state index in [2.05, 4.69) is 15.4 Å². The molecule has 0 saturated carbocycles. The van der Waals surface area contributed by atoms with Crippen LogP contribution in [-0.2, 0) is 34.6 Å². The minimum Gasteiger partial charge on any atom is -0.396 e. The normalized spacial score (nSPS) is 22.6. The fourth-order valence-corrected chi connectivity index (χ4v) is 10.3. The van der Waals surface area contributed by atoms with E-state index in [1.165, 1.54) is 4.68 Å². The Bertz CT molecular complexity index is 2020. The fraction of sp³-hybridized carbons (Fsp3) is 0.353. The van der Waals surface area contributed by atoms with Crippen molar-refractivity contribution in [3.8, 4) is 5.69 Å². The maximum absolute atomic E-state index is 16.2. The van der Waals surface area contributed by atoms with Gasteiger partial charge >= 0.3 is 0 Å². The molecule has 10 nitrogen and oxygen atoms in total. The quantitative estimate of drug-likeness (QED) is 0.157. The molecule has 5 aromatic rings. The zero-order valence-corrected chi connectivity index (χ0v) is 28.1. The molecule has 1 amide bonds. The standard InChI is InChI=1S/C34H36ClFN6O4Si/c1-21-31(47(2,3)36)30(14-16-40-20-24(15-17-43)37-39-40)46-34(21)27-18-23(35)10-13-29(27)41(33(34)45)19-22-8-11-25(12-9-22)42-32(44)26-6-4-5-7-28(26)38-42/h4-13,18,20-21,30-31,38,43H,14-17,19H2,1-3H3/t21-,30+,31-,34+/m0/s1. The summed E-state index contributed by atoms with van der Waals surface area (Å²) in [5, 5.41) is 21.7. The van der Waals surface area contributed by atoms with Crippen LogP contribution >= 0.6 is 11.6 Å². The highest BCUT2D eigenvalue weighted by Gasteiger charge is 2.66.